The quantitative estimate of drug-likeness (QED) is 0.491. The van der Waals surface area contributed by atoms with Gasteiger partial charge in [-0.3, -0.25) is 0 Å². The number of aliphatic hydroxyl groups is 1. The van der Waals surface area contributed by atoms with E-state index in [0.29, 0.717) is 23.1 Å². The van der Waals surface area contributed by atoms with Crippen LogP contribution in [0, 0.1) is 17.3 Å². The summed E-state index contributed by atoms with van der Waals surface area (Å²) in [6.07, 6.45) is 7.52. The molecule has 0 saturated heterocycles. The number of aliphatic hydroxyl groups excluding tert-OH is 1. The maximum absolute atomic E-state index is 10.7. The van der Waals surface area contributed by atoms with Crippen molar-refractivity contribution in [3.05, 3.63) is 58.7 Å². The summed E-state index contributed by atoms with van der Waals surface area (Å²) in [5, 5.41) is 24.1. The van der Waals surface area contributed by atoms with Gasteiger partial charge in [-0.2, -0.15) is 0 Å². The van der Waals surface area contributed by atoms with Gasteiger partial charge in [0.05, 0.1) is 6.61 Å². The molecule has 0 aliphatic heterocycles. The highest BCUT2D eigenvalue weighted by molar-refractivity contribution is 5.53. The standard InChI is InChI=1S/C30H42N2O2/c1-4-32(5-2)23-9-7-22(28(34)17-23)18-31-29-13-12-27-26-11-8-21-16-20(19-33)6-10-24(21)25(26)14-15-30(27,29)3/h6-7,9-10,16-17,25-27,29,31,33-34H,4-5,8,11-15,18-19H2,1-3H3/t25?,26?,27?,29-,30-/m0/s1. The Morgan fingerprint density at radius 1 is 1.03 bits per heavy atom. The Labute approximate surface area is 205 Å². The van der Waals surface area contributed by atoms with Gasteiger partial charge in [0.25, 0.3) is 0 Å². The molecule has 2 saturated carbocycles. The average Bonchev–Trinajstić information content (AvgIpc) is 3.20. The Morgan fingerprint density at radius 2 is 1.85 bits per heavy atom. The predicted octanol–water partition coefficient (Wildman–Crippen LogP) is 5.75. The highest BCUT2D eigenvalue weighted by Gasteiger charge is 2.54. The highest BCUT2D eigenvalue weighted by atomic mass is 16.3. The monoisotopic (exact) mass is 462 g/mol. The van der Waals surface area contributed by atoms with Gasteiger partial charge >= 0.3 is 0 Å². The summed E-state index contributed by atoms with van der Waals surface area (Å²) < 4.78 is 0. The van der Waals surface area contributed by atoms with Crippen LogP contribution in [0.15, 0.2) is 36.4 Å². The van der Waals surface area contributed by atoms with Crippen molar-refractivity contribution in [2.45, 2.75) is 84.4 Å². The molecule has 3 N–H and O–H groups in total. The van der Waals surface area contributed by atoms with Crippen molar-refractivity contribution in [1.29, 1.82) is 0 Å². The first kappa shape index (κ1) is 23.7. The largest absolute Gasteiger partial charge is 0.508 e. The maximum Gasteiger partial charge on any atom is 0.122 e. The first-order chi connectivity index (χ1) is 16.5. The Kier molecular flexibility index (Phi) is 6.65. The van der Waals surface area contributed by atoms with E-state index in [9.17, 15) is 10.2 Å². The van der Waals surface area contributed by atoms with Crippen molar-refractivity contribution in [2.24, 2.45) is 17.3 Å². The van der Waals surface area contributed by atoms with Crippen LogP contribution in [0.1, 0.15) is 81.0 Å². The highest BCUT2D eigenvalue weighted by Crippen LogP contribution is 2.60. The van der Waals surface area contributed by atoms with E-state index in [2.05, 4.69) is 61.3 Å². The third-order valence-corrected chi connectivity index (χ3v) is 9.71. The molecule has 2 aromatic rings. The van der Waals surface area contributed by atoms with Gasteiger partial charge < -0.3 is 20.4 Å². The Hall–Kier alpha value is -2.04. The van der Waals surface area contributed by atoms with Crippen molar-refractivity contribution in [3.8, 4) is 5.75 Å². The van der Waals surface area contributed by atoms with Crippen LogP contribution in [0.3, 0.4) is 0 Å². The zero-order valence-electron chi connectivity index (χ0n) is 21.2. The SMILES string of the molecule is CCN(CC)c1ccc(CN[C@H]2CCC3C4CCc5cc(CO)ccc5C4CC[C@@]32C)c(O)c1. The number of aromatic hydroxyl groups is 1. The van der Waals surface area contributed by atoms with Crippen molar-refractivity contribution in [3.63, 3.8) is 0 Å². The van der Waals surface area contributed by atoms with Gasteiger partial charge in [-0.25, -0.2) is 0 Å². The molecule has 5 atom stereocenters. The van der Waals surface area contributed by atoms with Gasteiger partial charge in [0, 0.05) is 43.0 Å². The normalized spacial score (nSPS) is 29.9. The number of nitrogens with one attached hydrogen (secondary N) is 1. The number of rotatable bonds is 7. The lowest BCUT2D eigenvalue weighted by atomic mass is 9.55. The summed E-state index contributed by atoms with van der Waals surface area (Å²) >= 11 is 0. The summed E-state index contributed by atoms with van der Waals surface area (Å²) in [5.74, 6) is 2.64. The fourth-order valence-corrected chi connectivity index (χ4v) is 7.79. The zero-order chi connectivity index (χ0) is 23.9. The summed E-state index contributed by atoms with van der Waals surface area (Å²) in [6, 6.07) is 13.4. The molecule has 0 amide bonds. The summed E-state index contributed by atoms with van der Waals surface area (Å²) in [4.78, 5) is 2.27. The average molecular weight is 463 g/mol. The predicted molar refractivity (Wildman–Crippen MR) is 139 cm³/mol. The summed E-state index contributed by atoms with van der Waals surface area (Å²) in [6.45, 7) is 9.61. The zero-order valence-corrected chi connectivity index (χ0v) is 21.2. The van der Waals surface area contributed by atoms with Crippen LogP contribution in [0.4, 0.5) is 5.69 Å². The molecule has 3 unspecified atom stereocenters. The number of hydrogen-bond donors (Lipinski definition) is 3. The molecular formula is C30H42N2O2. The van der Waals surface area contributed by atoms with E-state index in [1.165, 1.54) is 37.7 Å². The lowest BCUT2D eigenvalue weighted by molar-refractivity contribution is 0.0408. The number of nitrogens with zero attached hydrogens (tertiary/aromatic N) is 1. The van der Waals surface area contributed by atoms with Gasteiger partial charge in [0.15, 0.2) is 0 Å². The number of benzene rings is 2. The van der Waals surface area contributed by atoms with Crippen LogP contribution < -0.4 is 10.2 Å². The molecule has 5 rings (SSSR count). The molecule has 0 radical (unpaired) electrons. The minimum atomic E-state index is 0.142. The molecule has 0 aromatic heterocycles. The van der Waals surface area contributed by atoms with E-state index in [0.717, 1.165) is 54.7 Å². The minimum Gasteiger partial charge on any atom is -0.508 e. The molecular weight excluding hydrogens is 420 g/mol. The lowest BCUT2D eigenvalue weighted by Gasteiger charge is -2.51. The van der Waals surface area contributed by atoms with Crippen molar-refractivity contribution < 1.29 is 10.2 Å². The Balaban J connectivity index is 1.28. The van der Waals surface area contributed by atoms with E-state index in [-0.39, 0.29) is 6.61 Å². The molecule has 2 aromatic carbocycles. The third-order valence-electron chi connectivity index (χ3n) is 9.71. The van der Waals surface area contributed by atoms with Crippen LogP contribution in [-0.2, 0) is 19.6 Å². The van der Waals surface area contributed by atoms with Gasteiger partial charge in [-0.05, 0) is 98.3 Å². The van der Waals surface area contributed by atoms with Gasteiger partial charge in [-0.15, -0.1) is 0 Å². The molecule has 3 aliphatic rings. The topological polar surface area (TPSA) is 55.7 Å². The lowest BCUT2D eigenvalue weighted by Crippen LogP contribution is -2.48. The van der Waals surface area contributed by atoms with Gasteiger partial charge in [-0.1, -0.05) is 31.2 Å². The van der Waals surface area contributed by atoms with Crippen molar-refractivity contribution in [2.75, 3.05) is 18.0 Å². The smallest absolute Gasteiger partial charge is 0.122 e. The van der Waals surface area contributed by atoms with Crippen LogP contribution in [0.25, 0.3) is 0 Å². The van der Waals surface area contributed by atoms with Gasteiger partial charge in [0.1, 0.15) is 5.75 Å². The summed E-state index contributed by atoms with van der Waals surface area (Å²) in [5.41, 5.74) is 6.53. The first-order valence-corrected chi connectivity index (χ1v) is 13.5. The number of phenols is 1. The molecule has 2 fully saturated rings. The number of fused-ring (bicyclic) bond motifs is 5. The van der Waals surface area contributed by atoms with Crippen LogP contribution in [0.5, 0.6) is 5.75 Å². The summed E-state index contributed by atoms with van der Waals surface area (Å²) in [7, 11) is 0. The number of phenolic OH excluding ortho intramolecular Hbond substituents is 1. The van der Waals surface area contributed by atoms with Crippen LogP contribution >= 0.6 is 0 Å². The van der Waals surface area contributed by atoms with Crippen LogP contribution in [0.2, 0.25) is 0 Å². The Morgan fingerprint density at radius 3 is 2.59 bits per heavy atom. The van der Waals surface area contributed by atoms with E-state index >= 15 is 0 Å². The molecule has 4 heteroatoms. The molecule has 0 bridgehead atoms. The van der Waals surface area contributed by atoms with Crippen molar-refractivity contribution >= 4 is 5.69 Å². The first-order valence-electron chi connectivity index (χ1n) is 13.5. The van der Waals surface area contributed by atoms with Crippen molar-refractivity contribution in [1.82, 2.24) is 5.32 Å². The van der Waals surface area contributed by atoms with Crippen LogP contribution in [-0.4, -0.2) is 29.3 Å². The second-order valence-electron chi connectivity index (χ2n) is 11.1. The van der Waals surface area contributed by atoms with E-state index in [4.69, 9.17) is 0 Å². The molecule has 3 aliphatic carbocycles. The van der Waals surface area contributed by atoms with E-state index in [1.807, 2.05) is 6.07 Å². The third kappa shape index (κ3) is 4.03. The fourth-order valence-electron chi connectivity index (χ4n) is 7.79. The number of aryl methyl sites for hydroxylation is 1. The second-order valence-corrected chi connectivity index (χ2v) is 11.1. The van der Waals surface area contributed by atoms with E-state index in [1.54, 1.807) is 5.56 Å². The number of hydrogen-bond acceptors (Lipinski definition) is 4. The molecule has 34 heavy (non-hydrogen) atoms. The maximum atomic E-state index is 10.7. The minimum absolute atomic E-state index is 0.142. The fraction of sp³-hybridized carbons (Fsp3) is 0.600. The van der Waals surface area contributed by atoms with E-state index < -0.39 is 0 Å². The number of anilines is 1. The Bertz CT molecular complexity index is 1020. The molecule has 184 valence electrons. The second kappa shape index (κ2) is 9.54. The van der Waals surface area contributed by atoms with Gasteiger partial charge in [0.2, 0.25) is 0 Å². The molecule has 0 spiro atoms. The molecule has 0 heterocycles. The molecule has 4 nitrogen and oxygen atoms in total.